The Morgan fingerprint density at radius 2 is 1.78 bits per heavy atom. The molecular formula is C24H25N7O. The van der Waals surface area contributed by atoms with Gasteiger partial charge >= 0.3 is 0 Å². The van der Waals surface area contributed by atoms with Crippen molar-refractivity contribution in [2.75, 3.05) is 36.6 Å². The van der Waals surface area contributed by atoms with Crippen molar-refractivity contribution in [2.45, 2.75) is 13.8 Å². The number of anilines is 2. The molecule has 0 aliphatic carbocycles. The van der Waals surface area contributed by atoms with Crippen LogP contribution in [-0.2, 0) is 4.74 Å². The average molecular weight is 428 g/mol. The molecule has 4 aromatic rings. The van der Waals surface area contributed by atoms with Gasteiger partial charge in [0, 0.05) is 18.8 Å². The van der Waals surface area contributed by atoms with Crippen LogP contribution < -0.4 is 10.3 Å². The molecule has 8 heteroatoms. The minimum absolute atomic E-state index is 0.582. The molecule has 0 bridgehead atoms. The number of aromatic nitrogens is 4. The van der Waals surface area contributed by atoms with E-state index >= 15 is 0 Å². The first kappa shape index (κ1) is 20.1. The lowest BCUT2D eigenvalue weighted by molar-refractivity contribution is 0.122. The zero-order valence-corrected chi connectivity index (χ0v) is 18.2. The van der Waals surface area contributed by atoms with Gasteiger partial charge in [-0.15, -0.1) is 0 Å². The molecule has 0 radical (unpaired) electrons. The standard InChI is InChI=1S/C24H25N7O/c1-17-7-6-8-19(15-17)16-25-29-22-21-23(28-24(27-22)30-11-13-32-14-12-30)31(18(2)26-21)20-9-4-3-5-10-20/h3-10,15-16H,11-14H2,1-2H3,(H,27,28,29). The number of ether oxygens (including phenoxy) is 1. The van der Waals surface area contributed by atoms with E-state index in [1.54, 1.807) is 6.21 Å². The highest BCUT2D eigenvalue weighted by molar-refractivity contribution is 5.87. The number of nitrogens with zero attached hydrogens (tertiary/aromatic N) is 6. The summed E-state index contributed by atoms with van der Waals surface area (Å²) >= 11 is 0. The van der Waals surface area contributed by atoms with Crippen LogP contribution in [0.5, 0.6) is 0 Å². The highest BCUT2D eigenvalue weighted by atomic mass is 16.5. The van der Waals surface area contributed by atoms with E-state index in [9.17, 15) is 0 Å². The van der Waals surface area contributed by atoms with Crippen molar-refractivity contribution in [1.29, 1.82) is 0 Å². The summed E-state index contributed by atoms with van der Waals surface area (Å²) in [5.41, 5.74) is 7.75. The summed E-state index contributed by atoms with van der Waals surface area (Å²) in [6.45, 7) is 6.85. The minimum Gasteiger partial charge on any atom is -0.378 e. The topological polar surface area (TPSA) is 80.5 Å². The number of fused-ring (bicyclic) bond motifs is 1. The summed E-state index contributed by atoms with van der Waals surface area (Å²) < 4.78 is 7.56. The number of morpholine rings is 1. The van der Waals surface area contributed by atoms with Crippen LogP contribution in [0.4, 0.5) is 11.8 Å². The fraction of sp³-hybridized carbons (Fsp3) is 0.250. The van der Waals surface area contributed by atoms with Gasteiger partial charge in [0.2, 0.25) is 5.95 Å². The van der Waals surface area contributed by atoms with Gasteiger partial charge in [-0.05, 0) is 31.5 Å². The Morgan fingerprint density at radius 1 is 0.969 bits per heavy atom. The third kappa shape index (κ3) is 4.04. The minimum atomic E-state index is 0.582. The van der Waals surface area contributed by atoms with Gasteiger partial charge in [-0.2, -0.15) is 15.1 Å². The number of imidazole rings is 1. The molecule has 1 aliphatic heterocycles. The fourth-order valence-electron chi connectivity index (χ4n) is 3.84. The number of rotatable bonds is 5. The van der Waals surface area contributed by atoms with Crippen LogP contribution in [0.25, 0.3) is 16.9 Å². The van der Waals surface area contributed by atoms with E-state index in [-0.39, 0.29) is 0 Å². The van der Waals surface area contributed by atoms with Gasteiger partial charge < -0.3 is 9.64 Å². The van der Waals surface area contributed by atoms with Gasteiger partial charge in [0.15, 0.2) is 17.0 Å². The zero-order chi connectivity index (χ0) is 21.9. The third-order valence-corrected chi connectivity index (χ3v) is 5.40. The Kier molecular flexibility index (Phi) is 5.51. The van der Waals surface area contributed by atoms with Gasteiger partial charge in [0.1, 0.15) is 5.82 Å². The average Bonchev–Trinajstić information content (AvgIpc) is 3.16. The molecule has 1 fully saturated rings. The lowest BCUT2D eigenvalue weighted by Gasteiger charge is -2.27. The first-order valence-corrected chi connectivity index (χ1v) is 10.7. The normalized spacial score (nSPS) is 14.4. The maximum atomic E-state index is 5.51. The van der Waals surface area contributed by atoms with Gasteiger partial charge in [-0.3, -0.25) is 9.99 Å². The fourth-order valence-corrected chi connectivity index (χ4v) is 3.84. The number of para-hydroxylation sites is 1. The Balaban J connectivity index is 1.58. The van der Waals surface area contributed by atoms with Crippen LogP contribution >= 0.6 is 0 Å². The predicted octanol–water partition coefficient (Wildman–Crippen LogP) is 3.71. The molecule has 1 saturated heterocycles. The van der Waals surface area contributed by atoms with Crippen molar-refractivity contribution in [3.8, 4) is 5.69 Å². The first-order valence-electron chi connectivity index (χ1n) is 10.7. The van der Waals surface area contributed by atoms with E-state index in [2.05, 4.69) is 39.1 Å². The summed E-state index contributed by atoms with van der Waals surface area (Å²) in [4.78, 5) is 16.6. The molecule has 1 N–H and O–H groups in total. The molecule has 162 valence electrons. The summed E-state index contributed by atoms with van der Waals surface area (Å²) in [6, 6.07) is 18.3. The third-order valence-electron chi connectivity index (χ3n) is 5.40. The van der Waals surface area contributed by atoms with E-state index < -0.39 is 0 Å². The van der Waals surface area contributed by atoms with E-state index in [1.165, 1.54) is 5.56 Å². The highest BCUT2D eigenvalue weighted by Gasteiger charge is 2.21. The lowest BCUT2D eigenvalue weighted by Crippen LogP contribution is -2.37. The van der Waals surface area contributed by atoms with E-state index in [4.69, 9.17) is 19.7 Å². The molecule has 32 heavy (non-hydrogen) atoms. The van der Waals surface area contributed by atoms with Crippen molar-refractivity contribution in [1.82, 2.24) is 19.5 Å². The second kappa shape index (κ2) is 8.76. The second-order valence-electron chi connectivity index (χ2n) is 7.76. The molecule has 0 amide bonds. The molecule has 1 aliphatic rings. The number of benzene rings is 2. The van der Waals surface area contributed by atoms with Crippen molar-refractivity contribution in [3.05, 3.63) is 71.5 Å². The molecule has 0 unspecified atom stereocenters. The van der Waals surface area contributed by atoms with Crippen LogP contribution in [0.1, 0.15) is 17.0 Å². The van der Waals surface area contributed by atoms with Crippen molar-refractivity contribution in [2.24, 2.45) is 5.10 Å². The van der Waals surface area contributed by atoms with Gasteiger partial charge in [0.05, 0.1) is 19.4 Å². The molecule has 2 aromatic carbocycles. The quantitative estimate of drug-likeness (QED) is 0.386. The SMILES string of the molecule is Cc1cccc(C=NNc2nc(N3CCOCC3)nc3c2nc(C)n3-c2ccccc2)c1. The molecule has 2 aromatic heterocycles. The maximum Gasteiger partial charge on any atom is 0.229 e. The monoisotopic (exact) mass is 427 g/mol. The molecule has 3 heterocycles. The van der Waals surface area contributed by atoms with Gasteiger partial charge in [-0.1, -0.05) is 48.0 Å². The second-order valence-corrected chi connectivity index (χ2v) is 7.76. The lowest BCUT2D eigenvalue weighted by atomic mass is 10.2. The van der Waals surface area contributed by atoms with E-state index in [0.717, 1.165) is 35.8 Å². The molecule has 5 rings (SSSR count). The Bertz CT molecular complexity index is 1260. The van der Waals surface area contributed by atoms with Gasteiger partial charge in [-0.25, -0.2) is 4.98 Å². The van der Waals surface area contributed by atoms with Crippen molar-refractivity contribution < 1.29 is 4.74 Å². The van der Waals surface area contributed by atoms with Crippen LogP contribution in [0, 0.1) is 13.8 Å². The number of aryl methyl sites for hydroxylation is 2. The highest BCUT2D eigenvalue weighted by Crippen LogP contribution is 2.27. The van der Waals surface area contributed by atoms with Crippen LogP contribution in [0.3, 0.4) is 0 Å². The smallest absolute Gasteiger partial charge is 0.229 e. The first-order chi connectivity index (χ1) is 15.7. The Hall–Kier alpha value is -3.78. The summed E-state index contributed by atoms with van der Waals surface area (Å²) in [5.74, 6) is 2.06. The van der Waals surface area contributed by atoms with Crippen LogP contribution in [0.15, 0.2) is 59.7 Å². The molecule has 8 nitrogen and oxygen atoms in total. The summed E-state index contributed by atoms with van der Waals surface area (Å²) in [7, 11) is 0. The maximum absolute atomic E-state index is 5.51. The molecular weight excluding hydrogens is 402 g/mol. The van der Waals surface area contributed by atoms with Crippen molar-refractivity contribution >= 4 is 29.1 Å². The predicted molar refractivity (Wildman–Crippen MR) is 127 cm³/mol. The van der Waals surface area contributed by atoms with Crippen molar-refractivity contribution in [3.63, 3.8) is 0 Å². The number of nitrogens with one attached hydrogen (secondary N) is 1. The van der Waals surface area contributed by atoms with E-state index in [0.29, 0.717) is 30.5 Å². The molecule has 0 spiro atoms. The number of hydrogen-bond acceptors (Lipinski definition) is 7. The number of hydrogen-bond donors (Lipinski definition) is 1. The zero-order valence-electron chi connectivity index (χ0n) is 18.2. The van der Waals surface area contributed by atoms with Crippen LogP contribution in [0.2, 0.25) is 0 Å². The Labute approximate surface area is 186 Å². The molecule has 0 atom stereocenters. The Morgan fingerprint density at radius 3 is 2.56 bits per heavy atom. The van der Waals surface area contributed by atoms with Crippen LogP contribution in [-0.4, -0.2) is 52.0 Å². The summed E-state index contributed by atoms with van der Waals surface area (Å²) in [5, 5.41) is 4.44. The van der Waals surface area contributed by atoms with Gasteiger partial charge in [0.25, 0.3) is 0 Å². The number of hydrazone groups is 1. The molecule has 0 saturated carbocycles. The summed E-state index contributed by atoms with van der Waals surface area (Å²) in [6.07, 6.45) is 1.79. The van der Waals surface area contributed by atoms with E-state index in [1.807, 2.05) is 49.4 Å². The largest absolute Gasteiger partial charge is 0.378 e.